The highest BCUT2D eigenvalue weighted by Gasteiger charge is 2.34. The maximum absolute atomic E-state index is 12.8. The van der Waals surface area contributed by atoms with Gasteiger partial charge in [-0.2, -0.15) is 5.26 Å². The third kappa shape index (κ3) is 5.80. The van der Waals surface area contributed by atoms with Crippen molar-refractivity contribution in [3.8, 4) is 6.07 Å². The summed E-state index contributed by atoms with van der Waals surface area (Å²) >= 11 is 0. The van der Waals surface area contributed by atoms with Gasteiger partial charge in [0.15, 0.2) is 0 Å². The SMILES string of the molecule is C/C=C(\CN=CC(C)C#N)N1CCN(CC(=O)N2CCCCC2C(=O)OC)C1. The van der Waals surface area contributed by atoms with Gasteiger partial charge in [-0.1, -0.05) is 6.08 Å². The summed E-state index contributed by atoms with van der Waals surface area (Å²) in [5, 5.41) is 8.83. The lowest BCUT2D eigenvalue weighted by Gasteiger charge is -2.34. The number of piperidine rings is 1. The van der Waals surface area contributed by atoms with E-state index in [4.69, 9.17) is 10.00 Å². The van der Waals surface area contributed by atoms with Crippen LogP contribution in [-0.4, -0.2) is 85.3 Å². The molecule has 2 aliphatic rings. The average Bonchev–Trinajstić information content (AvgIpc) is 3.18. The lowest BCUT2D eigenvalue weighted by Crippen LogP contribution is -2.51. The van der Waals surface area contributed by atoms with E-state index < -0.39 is 6.04 Å². The van der Waals surface area contributed by atoms with Crippen molar-refractivity contribution >= 4 is 18.1 Å². The van der Waals surface area contributed by atoms with Gasteiger partial charge in [-0.15, -0.1) is 0 Å². The normalized spacial score (nSPS) is 22.4. The second-order valence-electron chi connectivity index (χ2n) is 7.27. The van der Waals surface area contributed by atoms with Crippen LogP contribution in [0.5, 0.6) is 0 Å². The van der Waals surface area contributed by atoms with Crippen LogP contribution in [0.15, 0.2) is 16.8 Å². The third-order valence-corrected chi connectivity index (χ3v) is 5.24. The number of nitrogens with zero attached hydrogens (tertiary/aromatic N) is 5. The maximum atomic E-state index is 12.8. The summed E-state index contributed by atoms with van der Waals surface area (Å²) in [5.41, 5.74) is 1.08. The van der Waals surface area contributed by atoms with Gasteiger partial charge in [-0.3, -0.25) is 14.7 Å². The standard InChI is InChI=1S/C20H31N5O3/c1-4-17(13-22-12-16(2)11-21)24-10-9-23(15-24)14-19(26)25-8-6-5-7-18(25)20(27)28-3/h4,12,16,18H,5-10,13-15H2,1-3H3/b17-4+,22-12?. The fourth-order valence-corrected chi connectivity index (χ4v) is 3.61. The largest absolute Gasteiger partial charge is 0.467 e. The molecule has 1 amide bonds. The molecule has 2 aliphatic heterocycles. The molecule has 2 saturated heterocycles. The van der Waals surface area contributed by atoms with E-state index in [2.05, 4.69) is 20.9 Å². The lowest BCUT2D eigenvalue weighted by molar-refractivity contribution is -0.155. The third-order valence-electron chi connectivity index (χ3n) is 5.24. The van der Waals surface area contributed by atoms with Gasteiger partial charge in [0, 0.05) is 31.5 Å². The van der Waals surface area contributed by atoms with Crippen LogP contribution in [0.1, 0.15) is 33.1 Å². The van der Waals surface area contributed by atoms with E-state index in [1.54, 1.807) is 11.1 Å². The molecule has 8 heteroatoms. The molecule has 0 saturated carbocycles. The molecule has 2 unspecified atom stereocenters. The Morgan fingerprint density at radius 3 is 2.79 bits per heavy atom. The number of allylic oxidation sites excluding steroid dienone is 1. The molecule has 0 aromatic heterocycles. The Bertz CT molecular complexity index is 655. The molecule has 8 nitrogen and oxygen atoms in total. The van der Waals surface area contributed by atoms with E-state index in [0.29, 0.717) is 32.7 Å². The maximum Gasteiger partial charge on any atom is 0.328 e. The van der Waals surface area contributed by atoms with Crippen LogP contribution in [0, 0.1) is 17.2 Å². The Kier molecular flexibility index (Phi) is 8.45. The van der Waals surface area contributed by atoms with Crippen molar-refractivity contribution in [2.75, 3.05) is 46.5 Å². The van der Waals surface area contributed by atoms with E-state index in [1.807, 2.05) is 19.9 Å². The van der Waals surface area contributed by atoms with Crippen LogP contribution in [0.4, 0.5) is 0 Å². The van der Waals surface area contributed by atoms with E-state index in [0.717, 1.165) is 31.6 Å². The predicted octanol–water partition coefficient (Wildman–Crippen LogP) is 1.25. The minimum atomic E-state index is -0.451. The molecule has 0 aromatic carbocycles. The number of hydrogen-bond acceptors (Lipinski definition) is 7. The molecule has 2 fully saturated rings. The van der Waals surface area contributed by atoms with Gasteiger partial charge in [-0.05, 0) is 33.1 Å². The molecule has 0 bridgehead atoms. The number of carbonyl (C=O) groups is 2. The molecule has 0 radical (unpaired) electrons. The summed E-state index contributed by atoms with van der Waals surface area (Å²) in [6.45, 7) is 7.50. The molecule has 0 aromatic rings. The lowest BCUT2D eigenvalue weighted by atomic mass is 10.0. The van der Waals surface area contributed by atoms with Crippen molar-refractivity contribution < 1.29 is 14.3 Å². The van der Waals surface area contributed by atoms with Crippen molar-refractivity contribution in [1.29, 1.82) is 5.26 Å². The summed E-state index contributed by atoms with van der Waals surface area (Å²) in [5.74, 6) is -0.533. The van der Waals surface area contributed by atoms with Crippen molar-refractivity contribution in [2.24, 2.45) is 10.9 Å². The molecule has 0 aliphatic carbocycles. The molecule has 0 spiro atoms. The van der Waals surface area contributed by atoms with Gasteiger partial charge in [-0.25, -0.2) is 4.79 Å². The molecule has 28 heavy (non-hydrogen) atoms. The van der Waals surface area contributed by atoms with Crippen LogP contribution >= 0.6 is 0 Å². The van der Waals surface area contributed by atoms with Gasteiger partial charge >= 0.3 is 5.97 Å². The van der Waals surface area contributed by atoms with Gasteiger partial charge in [0.25, 0.3) is 0 Å². The highest BCUT2D eigenvalue weighted by atomic mass is 16.5. The Morgan fingerprint density at radius 1 is 1.32 bits per heavy atom. The summed E-state index contributed by atoms with van der Waals surface area (Å²) in [4.78, 5) is 35.1. The monoisotopic (exact) mass is 389 g/mol. The van der Waals surface area contributed by atoms with Gasteiger partial charge in [0.05, 0.1) is 38.9 Å². The molecule has 2 atom stereocenters. The van der Waals surface area contributed by atoms with Crippen molar-refractivity contribution in [1.82, 2.24) is 14.7 Å². The van der Waals surface area contributed by atoms with Crippen LogP contribution in [0.2, 0.25) is 0 Å². The first-order valence-corrected chi connectivity index (χ1v) is 9.89. The smallest absolute Gasteiger partial charge is 0.328 e. The fraction of sp³-hybridized carbons (Fsp3) is 0.700. The first-order chi connectivity index (χ1) is 13.5. The number of carbonyl (C=O) groups excluding carboxylic acids is 2. The highest BCUT2D eigenvalue weighted by Crippen LogP contribution is 2.19. The zero-order valence-corrected chi connectivity index (χ0v) is 17.1. The first-order valence-electron chi connectivity index (χ1n) is 9.89. The average molecular weight is 390 g/mol. The second-order valence-corrected chi connectivity index (χ2v) is 7.27. The number of amides is 1. The summed E-state index contributed by atoms with van der Waals surface area (Å²) in [6, 6.07) is 1.68. The van der Waals surface area contributed by atoms with E-state index in [1.165, 1.54) is 7.11 Å². The number of aliphatic imine (C=N–C) groups is 1. The zero-order chi connectivity index (χ0) is 20.5. The molecule has 154 valence electrons. The van der Waals surface area contributed by atoms with Crippen LogP contribution in [0.3, 0.4) is 0 Å². The number of nitriles is 1. The van der Waals surface area contributed by atoms with E-state index >= 15 is 0 Å². The Hall–Kier alpha value is -2.40. The Labute approximate surface area is 167 Å². The first kappa shape index (κ1) is 21.9. The van der Waals surface area contributed by atoms with E-state index in [-0.39, 0.29) is 17.8 Å². The molecule has 0 N–H and O–H groups in total. The molecular formula is C20H31N5O3. The molecule has 2 rings (SSSR count). The van der Waals surface area contributed by atoms with Gasteiger partial charge in [0.1, 0.15) is 6.04 Å². The fourth-order valence-electron chi connectivity index (χ4n) is 3.61. The number of methoxy groups -OCH3 is 1. The highest BCUT2D eigenvalue weighted by molar-refractivity contribution is 5.85. The van der Waals surface area contributed by atoms with Gasteiger partial charge < -0.3 is 14.5 Å². The minimum absolute atomic E-state index is 0.0140. The quantitative estimate of drug-likeness (QED) is 0.481. The molecule has 2 heterocycles. The summed E-state index contributed by atoms with van der Waals surface area (Å²) in [6.07, 6.45) is 6.23. The number of rotatable bonds is 7. The van der Waals surface area contributed by atoms with Gasteiger partial charge in [0.2, 0.25) is 5.91 Å². The number of ether oxygens (including phenoxy) is 1. The van der Waals surface area contributed by atoms with Crippen molar-refractivity contribution in [2.45, 2.75) is 39.2 Å². The Balaban J connectivity index is 1.89. The summed E-state index contributed by atoms with van der Waals surface area (Å²) < 4.78 is 4.87. The van der Waals surface area contributed by atoms with Crippen LogP contribution < -0.4 is 0 Å². The predicted molar refractivity (Wildman–Crippen MR) is 106 cm³/mol. The summed E-state index contributed by atoms with van der Waals surface area (Å²) in [7, 11) is 1.37. The molecular weight excluding hydrogens is 358 g/mol. The number of likely N-dealkylation sites (tertiary alicyclic amines) is 1. The number of esters is 1. The van der Waals surface area contributed by atoms with E-state index in [9.17, 15) is 9.59 Å². The van der Waals surface area contributed by atoms with Crippen molar-refractivity contribution in [3.63, 3.8) is 0 Å². The second kappa shape index (κ2) is 10.8. The minimum Gasteiger partial charge on any atom is -0.467 e. The Morgan fingerprint density at radius 2 is 2.11 bits per heavy atom. The van der Waals surface area contributed by atoms with Crippen LogP contribution in [-0.2, 0) is 14.3 Å². The zero-order valence-electron chi connectivity index (χ0n) is 17.1. The van der Waals surface area contributed by atoms with Crippen LogP contribution in [0.25, 0.3) is 0 Å². The topological polar surface area (TPSA) is 89.2 Å². The number of hydrogen-bond donors (Lipinski definition) is 0. The van der Waals surface area contributed by atoms with Crippen molar-refractivity contribution in [3.05, 3.63) is 11.8 Å².